The fourth-order valence-electron chi connectivity index (χ4n) is 1.55. The van der Waals surface area contributed by atoms with Crippen molar-refractivity contribution in [2.45, 2.75) is 6.42 Å². The van der Waals surface area contributed by atoms with Gasteiger partial charge >= 0.3 is 0 Å². The lowest BCUT2D eigenvalue weighted by molar-refractivity contribution is 0.117. The summed E-state index contributed by atoms with van der Waals surface area (Å²) in [7, 11) is 1.57. The molecule has 1 aromatic carbocycles. The standard InChI is InChI=1S/C10H11NO2/c1-13-11-8-5-7-3-2-4-10(12)9(7)6-8/h2-4,6,11-12H,5H2,1H3. The van der Waals surface area contributed by atoms with Crippen molar-refractivity contribution in [2.24, 2.45) is 0 Å². The second kappa shape index (κ2) is 3.11. The first-order valence-electron chi connectivity index (χ1n) is 4.11. The maximum Gasteiger partial charge on any atom is 0.123 e. The maximum atomic E-state index is 9.50. The highest BCUT2D eigenvalue weighted by molar-refractivity contribution is 5.68. The molecule has 0 saturated carbocycles. The van der Waals surface area contributed by atoms with Crippen molar-refractivity contribution in [1.29, 1.82) is 0 Å². The van der Waals surface area contributed by atoms with Crippen molar-refractivity contribution in [1.82, 2.24) is 5.48 Å². The Labute approximate surface area is 76.6 Å². The van der Waals surface area contributed by atoms with Crippen molar-refractivity contribution in [3.8, 4) is 5.75 Å². The minimum absolute atomic E-state index is 0.324. The lowest BCUT2D eigenvalue weighted by atomic mass is 10.1. The molecule has 0 fully saturated rings. The van der Waals surface area contributed by atoms with Crippen LogP contribution in [-0.2, 0) is 11.3 Å². The van der Waals surface area contributed by atoms with Crippen molar-refractivity contribution >= 4 is 6.08 Å². The van der Waals surface area contributed by atoms with Gasteiger partial charge in [0.05, 0.1) is 7.11 Å². The number of aromatic hydroxyl groups is 1. The van der Waals surface area contributed by atoms with Crippen LogP contribution in [0.4, 0.5) is 0 Å². The fraction of sp³-hybridized carbons (Fsp3) is 0.200. The summed E-state index contributed by atoms with van der Waals surface area (Å²) >= 11 is 0. The summed E-state index contributed by atoms with van der Waals surface area (Å²) in [5.41, 5.74) is 5.76. The van der Waals surface area contributed by atoms with E-state index in [1.165, 1.54) is 0 Å². The minimum atomic E-state index is 0.324. The molecular weight excluding hydrogens is 166 g/mol. The fourth-order valence-corrected chi connectivity index (χ4v) is 1.55. The average molecular weight is 177 g/mol. The molecule has 0 radical (unpaired) electrons. The average Bonchev–Trinajstić information content (AvgIpc) is 2.49. The zero-order valence-corrected chi connectivity index (χ0v) is 7.37. The molecule has 0 saturated heterocycles. The van der Waals surface area contributed by atoms with Crippen LogP contribution in [0.15, 0.2) is 23.9 Å². The number of rotatable bonds is 2. The maximum absolute atomic E-state index is 9.50. The summed E-state index contributed by atoms with van der Waals surface area (Å²) in [6.07, 6.45) is 2.69. The number of phenols is 1. The molecule has 3 heteroatoms. The molecule has 0 amide bonds. The van der Waals surface area contributed by atoms with Gasteiger partial charge < -0.3 is 5.11 Å². The van der Waals surface area contributed by atoms with Crippen LogP contribution in [0.2, 0.25) is 0 Å². The molecule has 1 aliphatic rings. The van der Waals surface area contributed by atoms with Crippen LogP contribution in [0.3, 0.4) is 0 Å². The van der Waals surface area contributed by atoms with Crippen LogP contribution in [0.1, 0.15) is 11.1 Å². The van der Waals surface area contributed by atoms with Gasteiger partial charge in [0.15, 0.2) is 0 Å². The molecule has 0 heterocycles. The van der Waals surface area contributed by atoms with E-state index in [1.54, 1.807) is 13.2 Å². The third kappa shape index (κ3) is 1.38. The summed E-state index contributed by atoms with van der Waals surface area (Å²) in [5, 5.41) is 9.50. The highest BCUT2D eigenvalue weighted by atomic mass is 16.6. The van der Waals surface area contributed by atoms with E-state index in [0.29, 0.717) is 5.75 Å². The zero-order chi connectivity index (χ0) is 9.26. The van der Waals surface area contributed by atoms with Crippen LogP contribution in [-0.4, -0.2) is 12.2 Å². The predicted octanol–water partition coefficient (Wildman–Crippen LogP) is 1.44. The Morgan fingerprint density at radius 3 is 3.00 bits per heavy atom. The number of allylic oxidation sites excluding steroid dienone is 1. The Balaban J connectivity index is 2.32. The highest BCUT2D eigenvalue weighted by Crippen LogP contribution is 2.30. The third-order valence-electron chi connectivity index (χ3n) is 2.11. The van der Waals surface area contributed by atoms with Gasteiger partial charge in [-0.1, -0.05) is 12.1 Å². The molecule has 68 valence electrons. The Kier molecular flexibility index (Phi) is 1.94. The highest BCUT2D eigenvalue weighted by Gasteiger charge is 2.14. The van der Waals surface area contributed by atoms with Crippen LogP contribution in [0, 0.1) is 0 Å². The quantitative estimate of drug-likeness (QED) is 0.671. The van der Waals surface area contributed by atoms with Gasteiger partial charge in [-0.15, -0.1) is 0 Å². The molecule has 0 unspecified atom stereocenters. The Hall–Kier alpha value is -1.48. The topological polar surface area (TPSA) is 41.5 Å². The first kappa shape index (κ1) is 8.13. The molecule has 13 heavy (non-hydrogen) atoms. The summed E-state index contributed by atoms with van der Waals surface area (Å²) in [6.45, 7) is 0. The van der Waals surface area contributed by atoms with Crippen LogP contribution >= 0.6 is 0 Å². The number of hydrogen-bond donors (Lipinski definition) is 2. The Morgan fingerprint density at radius 2 is 2.31 bits per heavy atom. The molecule has 3 nitrogen and oxygen atoms in total. The molecule has 0 bridgehead atoms. The summed E-state index contributed by atoms with van der Waals surface area (Å²) in [5.74, 6) is 0.324. The number of fused-ring (bicyclic) bond motifs is 1. The second-order valence-corrected chi connectivity index (χ2v) is 3.00. The van der Waals surface area contributed by atoms with Crippen LogP contribution in [0.25, 0.3) is 6.08 Å². The number of hydroxylamine groups is 1. The molecule has 1 aliphatic carbocycles. The van der Waals surface area contributed by atoms with Crippen molar-refractivity contribution < 1.29 is 9.94 Å². The van der Waals surface area contributed by atoms with E-state index >= 15 is 0 Å². The molecule has 0 aliphatic heterocycles. The van der Waals surface area contributed by atoms with Crippen LogP contribution in [0.5, 0.6) is 5.75 Å². The molecule has 2 N–H and O–H groups in total. The van der Waals surface area contributed by atoms with E-state index in [9.17, 15) is 5.11 Å². The van der Waals surface area contributed by atoms with Gasteiger partial charge in [0.25, 0.3) is 0 Å². The predicted molar refractivity (Wildman–Crippen MR) is 49.9 cm³/mol. The minimum Gasteiger partial charge on any atom is -0.507 e. The summed E-state index contributed by atoms with van der Waals surface area (Å²) in [4.78, 5) is 4.80. The SMILES string of the molecule is CONC1=Cc2c(O)cccc2C1. The van der Waals surface area contributed by atoms with E-state index in [4.69, 9.17) is 4.84 Å². The first-order valence-corrected chi connectivity index (χ1v) is 4.11. The monoisotopic (exact) mass is 177 g/mol. The van der Waals surface area contributed by atoms with Crippen molar-refractivity contribution in [3.63, 3.8) is 0 Å². The molecule has 1 aromatic rings. The third-order valence-corrected chi connectivity index (χ3v) is 2.11. The van der Waals surface area contributed by atoms with Gasteiger partial charge in [0.2, 0.25) is 0 Å². The van der Waals surface area contributed by atoms with E-state index in [2.05, 4.69) is 5.48 Å². The first-order chi connectivity index (χ1) is 6.31. The number of benzene rings is 1. The number of hydrogen-bond acceptors (Lipinski definition) is 3. The van der Waals surface area contributed by atoms with Crippen molar-refractivity contribution in [2.75, 3.05) is 7.11 Å². The summed E-state index contributed by atoms with van der Waals surface area (Å²) < 4.78 is 0. The lowest BCUT2D eigenvalue weighted by Crippen LogP contribution is -2.10. The molecule has 2 rings (SSSR count). The Bertz CT molecular complexity index is 358. The molecular formula is C10H11NO2. The van der Waals surface area contributed by atoms with Gasteiger partial charge in [-0.05, 0) is 17.7 Å². The van der Waals surface area contributed by atoms with E-state index < -0.39 is 0 Å². The van der Waals surface area contributed by atoms with Gasteiger partial charge in [-0.25, -0.2) is 0 Å². The molecule has 0 atom stereocenters. The lowest BCUT2D eigenvalue weighted by Gasteiger charge is -2.01. The van der Waals surface area contributed by atoms with Crippen molar-refractivity contribution in [3.05, 3.63) is 35.0 Å². The van der Waals surface area contributed by atoms with Crippen LogP contribution < -0.4 is 5.48 Å². The smallest absolute Gasteiger partial charge is 0.123 e. The second-order valence-electron chi connectivity index (χ2n) is 3.00. The Morgan fingerprint density at radius 1 is 1.46 bits per heavy atom. The number of nitrogens with one attached hydrogen (secondary N) is 1. The van der Waals surface area contributed by atoms with Gasteiger partial charge in [-0.3, -0.25) is 10.3 Å². The normalized spacial score (nSPS) is 13.8. The largest absolute Gasteiger partial charge is 0.507 e. The van der Waals surface area contributed by atoms with Gasteiger partial charge in [-0.2, -0.15) is 0 Å². The van der Waals surface area contributed by atoms with E-state index in [1.807, 2.05) is 18.2 Å². The molecule has 0 spiro atoms. The van der Waals surface area contributed by atoms with Gasteiger partial charge in [0, 0.05) is 17.7 Å². The van der Waals surface area contributed by atoms with E-state index in [-0.39, 0.29) is 0 Å². The number of phenolic OH excluding ortho intramolecular Hbond substituents is 1. The van der Waals surface area contributed by atoms with Gasteiger partial charge in [0.1, 0.15) is 5.75 Å². The molecule has 0 aromatic heterocycles. The zero-order valence-electron chi connectivity index (χ0n) is 7.37. The van der Waals surface area contributed by atoms with E-state index in [0.717, 1.165) is 23.2 Å². The summed E-state index contributed by atoms with van der Waals surface area (Å²) in [6, 6.07) is 5.53.